The van der Waals surface area contributed by atoms with Crippen molar-refractivity contribution >= 4 is 35.2 Å². The third-order valence-corrected chi connectivity index (χ3v) is 6.93. The number of likely N-dealkylation sites (tertiary alicyclic amines) is 1. The van der Waals surface area contributed by atoms with Gasteiger partial charge in [-0.1, -0.05) is 62.2 Å². The highest BCUT2D eigenvalue weighted by Gasteiger charge is 2.59. The minimum absolute atomic E-state index is 0.0782. The zero-order chi connectivity index (χ0) is 27.5. The highest BCUT2D eigenvalue weighted by molar-refractivity contribution is 6.30. The van der Waals surface area contributed by atoms with Crippen LogP contribution in [0.1, 0.15) is 50.8 Å². The molecule has 1 heterocycles. The SMILES string of the molecule is CC(C)(C)C[C@@H]1CN(C(=O)OC[C@@H](O)CC(N)=O)[C@@H](c2cccc(Cl)c2)[C@@]1(C#N)c1ccc(Cl)cc1F. The van der Waals surface area contributed by atoms with Gasteiger partial charge in [-0.25, -0.2) is 9.18 Å². The zero-order valence-electron chi connectivity index (χ0n) is 20.9. The molecule has 0 radical (unpaired) electrons. The van der Waals surface area contributed by atoms with Crippen LogP contribution in [0.15, 0.2) is 42.5 Å². The second-order valence-corrected chi connectivity index (χ2v) is 11.5. The fraction of sp³-hybridized carbons (Fsp3) is 0.444. The van der Waals surface area contributed by atoms with Gasteiger partial charge in [-0.15, -0.1) is 0 Å². The first-order valence-corrected chi connectivity index (χ1v) is 12.6. The summed E-state index contributed by atoms with van der Waals surface area (Å²) in [6.07, 6.45) is -2.00. The van der Waals surface area contributed by atoms with Crippen LogP contribution in [0.3, 0.4) is 0 Å². The molecular formula is C27H30Cl2FN3O4. The van der Waals surface area contributed by atoms with Crippen LogP contribution in [0.2, 0.25) is 10.0 Å². The van der Waals surface area contributed by atoms with Crippen LogP contribution in [-0.2, 0) is 14.9 Å². The summed E-state index contributed by atoms with van der Waals surface area (Å²) < 4.78 is 20.9. The van der Waals surface area contributed by atoms with Gasteiger partial charge in [0.1, 0.15) is 17.8 Å². The molecule has 10 heteroatoms. The normalized spacial score (nSPS) is 22.4. The number of nitrogens with zero attached hydrogens (tertiary/aromatic N) is 2. The van der Waals surface area contributed by atoms with E-state index in [1.54, 1.807) is 24.3 Å². The topological polar surface area (TPSA) is 117 Å². The van der Waals surface area contributed by atoms with Gasteiger partial charge in [0, 0.05) is 28.1 Å². The summed E-state index contributed by atoms with van der Waals surface area (Å²) in [5, 5.41) is 21.4. The number of carbonyl (C=O) groups is 2. The number of nitrogens with two attached hydrogens (primary N) is 1. The maximum absolute atomic E-state index is 15.5. The van der Waals surface area contributed by atoms with E-state index in [-0.39, 0.29) is 29.0 Å². The fourth-order valence-corrected chi connectivity index (χ4v) is 5.52. The Balaban J connectivity index is 2.18. The van der Waals surface area contributed by atoms with Crippen LogP contribution in [0.5, 0.6) is 0 Å². The van der Waals surface area contributed by atoms with Crippen LogP contribution >= 0.6 is 23.2 Å². The first-order valence-electron chi connectivity index (χ1n) is 11.8. The van der Waals surface area contributed by atoms with Gasteiger partial charge in [-0.2, -0.15) is 5.26 Å². The van der Waals surface area contributed by atoms with Gasteiger partial charge in [0.2, 0.25) is 5.91 Å². The summed E-state index contributed by atoms with van der Waals surface area (Å²) in [5.41, 5.74) is 3.96. The number of hydrogen-bond acceptors (Lipinski definition) is 5. The molecule has 2 amide bonds. The summed E-state index contributed by atoms with van der Waals surface area (Å²) in [7, 11) is 0. The maximum Gasteiger partial charge on any atom is 0.410 e. The van der Waals surface area contributed by atoms with Crippen molar-refractivity contribution in [2.24, 2.45) is 17.1 Å². The average molecular weight is 550 g/mol. The van der Waals surface area contributed by atoms with Gasteiger partial charge >= 0.3 is 6.09 Å². The molecule has 0 unspecified atom stereocenters. The fourth-order valence-electron chi connectivity index (χ4n) is 5.17. The number of rotatable bonds is 7. The van der Waals surface area contributed by atoms with Crippen molar-refractivity contribution in [1.29, 1.82) is 5.26 Å². The molecule has 198 valence electrons. The van der Waals surface area contributed by atoms with E-state index < -0.39 is 47.9 Å². The molecule has 2 aromatic carbocycles. The molecule has 3 rings (SSSR count). The summed E-state index contributed by atoms with van der Waals surface area (Å²) in [4.78, 5) is 25.9. The van der Waals surface area contributed by atoms with E-state index in [0.717, 1.165) is 6.07 Å². The molecule has 3 N–H and O–H groups in total. The number of halogens is 3. The van der Waals surface area contributed by atoms with Crippen LogP contribution in [0.4, 0.5) is 9.18 Å². The van der Waals surface area contributed by atoms with Crippen LogP contribution < -0.4 is 5.73 Å². The highest BCUT2D eigenvalue weighted by atomic mass is 35.5. The Morgan fingerprint density at radius 3 is 2.51 bits per heavy atom. The Morgan fingerprint density at radius 1 is 1.27 bits per heavy atom. The first kappa shape index (κ1) is 28.7. The molecule has 1 fully saturated rings. The van der Waals surface area contributed by atoms with E-state index in [1.807, 2.05) is 20.8 Å². The summed E-state index contributed by atoms with van der Waals surface area (Å²) >= 11 is 12.3. The number of benzene rings is 2. The predicted octanol–water partition coefficient (Wildman–Crippen LogP) is 5.38. The smallest absolute Gasteiger partial charge is 0.410 e. The second kappa shape index (κ2) is 11.3. The maximum atomic E-state index is 15.5. The minimum Gasteiger partial charge on any atom is -0.447 e. The van der Waals surface area contributed by atoms with E-state index in [0.29, 0.717) is 17.0 Å². The van der Waals surface area contributed by atoms with Crippen LogP contribution in [0.25, 0.3) is 0 Å². The van der Waals surface area contributed by atoms with E-state index >= 15 is 4.39 Å². The van der Waals surface area contributed by atoms with Gasteiger partial charge < -0.3 is 15.6 Å². The molecule has 37 heavy (non-hydrogen) atoms. The minimum atomic E-state index is -1.52. The second-order valence-electron chi connectivity index (χ2n) is 10.6. The Kier molecular flexibility index (Phi) is 8.74. The standard InChI is InChI=1S/C27H30Cl2FN3O4/c1-26(2,3)12-17-13-33(25(36)37-14-20(34)11-23(32)35)24(16-5-4-6-18(28)9-16)27(17,15-31)21-8-7-19(29)10-22(21)30/h4-10,17,20,24,34H,11-14H2,1-3H3,(H2,32,35)/t17-,20+,24+,27-/m1/s1. The lowest BCUT2D eigenvalue weighted by atomic mass is 9.63. The van der Waals surface area contributed by atoms with E-state index in [1.165, 1.54) is 17.0 Å². The number of hydrogen-bond donors (Lipinski definition) is 2. The lowest BCUT2D eigenvalue weighted by Crippen LogP contribution is -2.41. The number of aliphatic hydroxyl groups excluding tert-OH is 1. The van der Waals surface area contributed by atoms with Crippen LogP contribution in [0, 0.1) is 28.5 Å². The van der Waals surface area contributed by atoms with Gasteiger partial charge in [0.15, 0.2) is 0 Å². The number of amides is 2. The van der Waals surface area contributed by atoms with E-state index in [9.17, 15) is 20.0 Å². The zero-order valence-corrected chi connectivity index (χ0v) is 22.4. The van der Waals surface area contributed by atoms with Crippen molar-refractivity contribution in [2.45, 2.75) is 51.2 Å². The first-order chi connectivity index (χ1) is 17.3. The summed E-state index contributed by atoms with van der Waals surface area (Å²) in [5.74, 6) is -1.90. The lowest BCUT2D eigenvalue weighted by molar-refractivity contribution is -0.120. The molecule has 4 atom stereocenters. The Bertz CT molecular complexity index is 1210. The summed E-state index contributed by atoms with van der Waals surface area (Å²) in [6.45, 7) is 5.61. The molecule has 7 nitrogen and oxygen atoms in total. The van der Waals surface area contributed by atoms with Crippen molar-refractivity contribution in [1.82, 2.24) is 4.90 Å². The van der Waals surface area contributed by atoms with E-state index in [2.05, 4.69) is 6.07 Å². The van der Waals surface area contributed by atoms with Gasteiger partial charge in [-0.05, 0) is 41.7 Å². The molecule has 0 saturated carbocycles. The molecule has 1 aliphatic heterocycles. The largest absolute Gasteiger partial charge is 0.447 e. The monoisotopic (exact) mass is 549 g/mol. The molecular weight excluding hydrogens is 520 g/mol. The molecule has 2 aromatic rings. The molecule has 1 aliphatic rings. The van der Waals surface area contributed by atoms with Crippen molar-refractivity contribution in [3.05, 3.63) is 69.5 Å². The van der Waals surface area contributed by atoms with Crippen molar-refractivity contribution in [2.75, 3.05) is 13.2 Å². The van der Waals surface area contributed by atoms with Crippen molar-refractivity contribution in [3.63, 3.8) is 0 Å². The summed E-state index contributed by atoms with van der Waals surface area (Å²) in [6, 6.07) is 12.3. The molecule has 1 saturated heterocycles. The molecule has 0 aromatic heterocycles. The number of aliphatic hydroxyl groups is 1. The van der Waals surface area contributed by atoms with Crippen molar-refractivity contribution < 1.29 is 23.8 Å². The molecule has 0 bridgehead atoms. The Labute approximate surface area is 225 Å². The number of nitriles is 1. The average Bonchev–Trinajstić information content (AvgIpc) is 3.10. The quantitative estimate of drug-likeness (QED) is 0.481. The molecule has 0 aliphatic carbocycles. The highest BCUT2D eigenvalue weighted by Crippen LogP contribution is 2.56. The number of ether oxygens (including phenoxy) is 1. The van der Waals surface area contributed by atoms with E-state index in [4.69, 9.17) is 33.7 Å². The number of carbonyl (C=O) groups excluding carboxylic acids is 2. The number of primary amides is 1. The predicted molar refractivity (Wildman–Crippen MR) is 138 cm³/mol. The van der Waals surface area contributed by atoms with Crippen molar-refractivity contribution in [3.8, 4) is 6.07 Å². The lowest BCUT2D eigenvalue weighted by Gasteiger charge is -2.37. The van der Waals surface area contributed by atoms with Crippen LogP contribution in [-0.4, -0.2) is 41.3 Å². The van der Waals surface area contributed by atoms with Gasteiger partial charge in [0.25, 0.3) is 0 Å². The van der Waals surface area contributed by atoms with Gasteiger partial charge in [0.05, 0.1) is 24.6 Å². The Morgan fingerprint density at radius 2 is 1.95 bits per heavy atom. The third kappa shape index (κ3) is 6.35. The third-order valence-electron chi connectivity index (χ3n) is 6.46. The van der Waals surface area contributed by atoms with Gasteiger partial charge in [-0.3, -0.25) is 9.69 Å². The Hall–Kier alpha value is -2.86. The molecule has 0 spiro atoms.